The maximum absolute atomic E-state index is 5.06. The molecule has 0 radical (unpaired) electrons. The lowest BCUT2D eigenvalue weighted by molar-refractivity contribution is 0.175. The van der Waals surface area contributed by atoms with Crippen molar-refractivity contribution in [3.8, 4) is 11.1 Å². The van der Waals surface area contributed by atoms with E-state index in [2.05, 4.69) is 164 Å². The number of para-hydroxylation sites is 1. The van der Waals surface area contributed by atoms with Crippen molar-refractivity contribution in [3.63, 3.8) is 0 Å². The van der Waals surface area contributed by atoms with Crippen LogP contribution in [0, 0.1) is 19.8 Å². The molecule has 1 aliphatic carbocycles. The normalized spacial score (nSPS) is 16.1. The van der Waals surface area contributed by atoms with Crippen molar-refractivity contribution in [2.45, 2.75) is 110 Å². The second-order valence-corrected chi connectivity index (χ2v) is 21.8. The molecule has 2 unspecified atom stereocenters. The van der Waals surface area contributed by atoms with Crippen LogP contribution in [0.1, 0.15) is 117 Å². The van der Waals surface area contributed by atoms with Crippen LogP contribution in [0.15, 0.2) is 129 Å². The van der Waals surface area contributed by atoms with Gasteiger partial charge in [0, 0.05) is 91.9 Å². The van der Waals surface area contributed by atoms with Crippen molar-refractivity contribution in [2.24, 2.45) is 13.0 Å². The van der Waals surface area contributed by atoms with Crippen LogP contribution < -0.4 is 20.4 Å². The van der Waals surface area contributed by atoms with E-state index in [4.69, 9.17) is 15.1 Å². The number of nitrogens with one attached hydrogen (secondary N) is 2. The van der Waals surface area contributed by atoms with Gasteiger partial charge in [-0.15, -0.1) is 0 Å². The van der Waals surface area contributed by atoms with E-state index in [1.165, 1.54) is 108 Å². The molecular weight excluding hydrogens is 915 g/mol. The highest BCUT2D eigenvalue weighted by molar-refractivity contribution is 7.22. The van der Waals surface area contributed by atoms with Gasteiger partial charge in [-0.1, -0.05) is 125 Å². The lowest BCUT2D eigenvalue weighted by Crippen LogP contribution is -2.49. The zero-order chi connectivity index (χ0) is 51.0. The van der Waals surface area contributed by atoms with E-state index in [0.29, 0.717) is 12.0 Å². The summed E-state index contributed by atoms with van der Waals surface area (Å²) in [6.45, 7) is 31.5. The number of benzene rings is 4. The van der Waals surface area contributed by atoms with E-state index in [1.807, 2.05) is 24.3 Å². The average molecular weight is 992 g/mol. The zero-order valence-electron chi connectivity index (χ0n) is 44.2. The Morgan fingerprint density at radius 2 is 1.62 bits per heavy atom. The van der Waals surface area contributed by atoms with E-state index in [-0.39, 0.29) is 0 Å². The summed E-state index contributed by atoms with van der Waals surface area (Å²) in [5.74, 6) is 2.35. The van der Waals surface area contributed by atoms with Crippen molar-refractivity contribution in [3.05, 3.63) is 168 Å². The molecule has 7 aromatic rings. The number of hydrogen-bond donors (Lipinski definition) is 2. The molecule has 3 aromatic heterocycles. The number of fused-ring (bicyclic) bond motifs is 3. The minimum absolute atomic E-state index is 0.381. The second-order valence-electron chi connectivity index (χ2n) is 20.8. The van der Waals surface area contributed by atoms with Crippen molar-refractivity contribution < 1.29 is 0 Å². The van der Waals surface area contributed by atoms with Crippen LogP contribution >= 0.6 is 11.3 Å². The van der Waals surface area contributed by atoms with Crippen LogP contribution in [-0.4, -0.2) is 63.4 Å². The van der Waals surface area contributed by atoms with E-state index in [0.717, 1.165) is 101 Å². The molecule has 2 aliphatic heterocycles. The van der Waals surface area contributed by atoms with Gasteiger partial charge in [-0.05, 0) is 141 Å². The molecule has 10 rings (SSSR count). The first-order valence-electron chi connectivity index (χ1n) is 26.9. The fourth-order valence-corrected chi connectivity index (χ4v) is 12.3. The third kappa shape index (κ3) is 12.0. The van der Waals surface area contributed by atoms with Crippen LogP contribution in [0.2, 0.25) is 0 Å². The fourth-order valence-electron chi connectivity index (χ4n) is 11.4. The number of hydrogen-bond acceptors (Lipinski definition) is 9. The summed E-state index contributed by atoms with van der Waals surface area (Å²) in [7, 11) is 2.08. The first kappa shape index (κ1) is 51.4. The Morgan fingerprint density at radius 3 is 2.40 bits per heavy atom. The van der Waals surface area contributed by atoms with E-state index >= 15 is 0 Å². The molecule has 4 aromatic carbocycles. The monoisotopic (exact) mass is 992 g/mol. The number of anilines is 3. The summed E-state index contributed by atoms with van der Waals surface area (Å²) >= 11 is 1.65. The fraction of sp³-hybridized carbons (Fsp3) is 0.381. The Hall–Kier alpha value is -6.49. The SMILES string of the molecule is C=CNC(=C)CCC(C)c1nn(C)c2cc(N3CCN(C(C)CCC4CCCCC4)CC3)ccc12.C=Cc1nc(N2CCc3cccc(C(=C)Nc4nc5ccccc5s4)c3C2)ccc1-c1cccc(C)c1C. The van der Waals surface area contributed by atoms with Crippen LogP contribution in [-0.2, 0) is 20.0 Å². The minimum atomic E-state index is 0.381. The van der Waals surface area contributed by atoms with Gasteiger partial charge in [-0.2, -0.15) is 5.10 Å². The minimum Gasteiger partial charge on any atom is -0.369 e. The molecule has 2 fully saturated rings. The molecule has 2 N–H and O–H groups in total. The van der Waals surface area contributed by atoms with Gasteiger partial charge in [0.05, 0.1) is 27.1 Å². The molecule has 1 saturated heterocycles. The molecule has 9 nitrogen and oxygen atoms in total. The quantitative estimate of drug-likeness (QED) is 0.0934. The molecule has 0 bridgehead atoms. The van der Waals surface area contributed by atoms with E-state index in [1.54, 1.807) is 17.5 Å². The predicted molar refractivity (Wildman–Crippen MR) is 313 cm³/mol. The number of rotatable bonds is 17. The van der Waals surface area contributed by atoms with Gasteiger partial charge in [0.15, 0.2) is 5.13 Å². The molecule has 10 heteroatoms. The highest BCUT2D eigenvalue weighted by Gasteiger charge is 2.26. The summed E-state index contributed by atoms with van der Waals surface area (Å²) in [4.78, 5) is 17.4. The Labute approximate surface area is 439 Å². The molecule has 3 aliphatic rings. The van der Waals surface area contributed by atoms with Gasteiger partial charge >= 0.3 is 0 Å². The topological polar surface area (TPSA) is 77.4 Å². The molecular formula is C63H77N9S. The number of aromatic nitrogens is 4. The summed E-state index contributed by atoms with van der Waals surface area (Å²) in [5.41, 5.74) is 16.2. The standard InChI is InChI=1S/C33H30N4S.C30H47N5/c1-5-29-27(25-12-8-10-21(2)22(25)3)16-17-32(35-29)37-19-18-24-11-9-13-26(28(24)20-37)23(4)34-33-36-30-14-6-7-15-31(30)38-33;1-6-31-24(3)13-12-23(2)30-28-17-16-27(22-29(28)33(5)32-30)35-20-18-34(19-21-35)25(4)14-15-26-10-8-7-9-11-26/h5-17H,1,4,18-20H2,2-3H3,(H,34,36);6,16-17,22-23,25-26,31H,1,3,7-15,18-21H2,2,4-5H3. The molecule has 2 atom stereocenters. The van der Waals surface area contributed by atoms with Gasteiger partial charge in [-0.3, -0.25) is 9.58 Å². The van der Waals surface area contributed by atoms with E-state index in [9.17, 15) is 0 Å². The molecule has 380 valence electrons. The summed E-state index contributed by atoms with van der Waals surface area (Å²) in [5, 5.41) is 13.6. The van der Waals surface area contributed by atoms with Crippen molar-refractivity contribution in [1.82, 2.24) is 30.0 Å². The third-order valence-electron chi connectivity index (χ3n) is 16.0. The first-order chi connectivity index (χ1) is 35.5. The Bertz CT molecular complexity index is 3040. The Balaban J connectivity index is 0.000000181. The van der Waals surface area contributed by atoms with Crippen LogP contribution in [0.25, 0.3) is 44.0 Å². The smallest absolute Gasteiger partial charge is 0.188 e. The Kier molecular flexibility index (Phi) is 16.6. The maximum Gasteiger partial charge on any atom is 0.188 e. The largest absolute Gasteiger partial charge is 0.369 e. The van der Waals surface area contributed by atoms with Gasteiger partial charge in [0.25, 0.3) is 0 Å². The zero-order valence-corrected chi connectivity index (χ0v) is 45.0. The number of nitrogens with zero attached hydrogens (tertiary/aromatic N) is 7. The maximum atomic E-state index is 5.06. The molecule has 0 amide bonds. The van der Waals surface area contributed by atoms with Crippen LogP contribution in [0.3, 0.4) is 0 Å². The molecule has 1 saturated carbocycles. The molecule has 5 heterocycles. The number of thiazole rings is 1. The lowest BCUT2D eigenvalue weighted by Gasteiger charge is -2.39. The van der Waals surface area contributed by atoms with Gasteiger partial charge < -0.3 is 20.4 Å². The summed E-state index contributed by atoms with van der Waals surface area (Å²) < 4.78 is 3.22. The van der Waals surface area contributed by atoms with Gasteiger partial charge in [0.2, 0.25) is 0 Å². The number of piperazine rings is 1. The lowest BCUT2D eigenvalue weighted by atomic mass is 9.85. The van der Waals surface area contributed by atoms with Gasteiger partial charge in [0.1, 0.15) is 5.82 Å². The average Bonchev–Trinajstić information content (AvgIpc) is 3.99. The Morgan fingerprint density at radius 1 is 0.822 bits per heavy atom. The molecule has 73 heavy (non-hydrogen) atoms. The first-order valence-corrected chi connectivity index (χ1v) is 27.7. The number of allylic oxidation sites excluding steroid dienone is 1. The van der Waals surface area contributed by atoms with Gasteiger partial charge in [-0.25, -0.2) is 9.97 Å². The van der Waals surface area contributed by atoms with Crippen molar-refractivity contribution >= 4 is 60.9 Å². The molecule has 0 spiro atoms. The van der Waals surface area contributed by atoms with E-state index < -0.39 is 0 Å². The summed E-state index contributed by atoms with van der Waals surface area (Å²) in [6.07, 6.45) is 16.6. The second kappa shape index (κ2) is 23.6. The van der Waals surface area contributed by atoms with Crippen LogP contribution in [0.5, 0.6) is 0 Å². The highest BCUT2D eigenvalue weighted by atomic mass is 32.1. The highest BCUT2D eigenvalue weighted by Crippen LogP contribution is 2.36. The van der Waals surface area contributed by atoms with Crippen molar-refractivity contribution in [2.75, 3.05) is 47.8 Å². The predicted octanol–water partition coefficient (Wildman–Crippen LogP) is 14.8. The van der Waals surface area contributed by atoms with Crippen molar-refractivity contribution in [1.29, 1.82) is 0 Å². The number of pyridine rings is 1. The number of aryl methyl sites for hydroxylation is 2. The third-order valence-corrected chi connectivity index (χ3v) is 17.0. The van der Waals surface area contributed by atoms with Crippen LogP contribution in [0.4, 0.5) is 16.6 Å². The summed E-state index contributed by atoms with van der Waals surface area (Å²) in [6, 6.07) is 33.1.